The van der Waals surface area contributed by atoms with Crippen molar-refractivity contribution >= 4 is 18.0 Å². The van der Waals surface area contributed by atoms with E-state index in [0.717, 1.165) is 22.3 Å². The number of nitrogens with one attached hydrogen (secondary N) is 3. The molecule has 1 heterocycles. The minimum absolute atomic E-state index is 0.0703. The van der Waals surface area contributed by atoms with Gasteiger partial charge in [0.15, 0.2) is 6.10 Å². The number of nitrogens with zero attached hydrogens (tertiary/aromatic N) is 1. The number of alkyl carbamates (subject to hydrolysis) is 1. The molecular weight excluding hydrogens is 440 g/mol. The summed E-state index contributed by atoms with van der Waals surface area (Å²) in [6.07, 6.45) is 0.987. The molecule has 0 bridgehead atoms. The molecule has 10 nitrogen and oxygen atoms in total. The van der Waals surface area contributed by atoms with Gasteiger partial charge in [-0.05, 0) is 29.2 Å². The van der Waals surface area contributed by atoms with Crippen molar-refractivity contribution in [1.82, 2.24) is 20.8 Å². The Morgan fingerprint density at radius 3 is 2.32 bits per heavy atom. The molecule has 0 aliphatic heterocycles. The molecule has 1 aliphatic rings. The van der Waals surface area contributed by atoms with Gasteiger partial charge in [0.2, 0.25) is 0 Å². The molecule has 4 rings (SSSR count). The number of aromatic nitrogens is 2. The predicted molar refractivity (Wildman–Crippen MR) is 121 cm³/mol. The first-order valence-electron chi connectivity index (χ1n) is 10.7. The van der Waals surface area contributed by atoms with Crippen molar-refractivity contribution in [2.24, 2.45) is 0 Å². The number of hydrogen-bond donors (Lipinski definition) is 4. The normalized spacial score (nSPS) is 13.9. The van der Waals surface area contributed by atoms with Crippen LogP contribution in [0.5, 0.6) is 0 Å². The topological polar surface area (TPSA) is 143 Å². The molecule has 2 amide bonds. The highest BCUT2D eigenvalue weighted by Gasteiger charge is 2.30. The fourth-order valence-corrected chi connectivity index (χ4v) is 3.88. The van der Waals surface area contributed by atoms with Crippen LogP contribution in [0.25, 0.3) is 11.1 Å². The highest BCUT2D eigenvalue weighted by molar-refractivity contribution is 5.85. The summed E-state index contributed by atoms with van der Waals surface area (Å²) >= 11 is 0. The maximum Gasteiger partial charge on any atom is 0.407 e. The number of aliphatic carboxylic acids is 1. The highest BCUT2D eigenvalue weighted by atomic mass is 16.7. The number of carbonyl (C=O) groups excluding carboxylic acids is 2. The third-order valence-corrected chi connectivity index (χ3v) is 5.62. The van der Waals surface area contributed by atoms with Crippen LogP contribution >= 0.6 is 0 Å². The van der Waals surface area contributed by atoms with E-state index in [1.54, 1.807) is 0 Å². The van der Waals surface area contributed by atoms with Crippen molar-refractivity contribution in [3.63, 3.8) is 0 Å². The van der Waals surface area contributed by atoms with Gasteiger partial charge in [-0.2, -0.15) is 0 Å². The molecule has 34 heavy (non-hydrogen) atoms. The quantitative estimate of drug-likeness (QED) is 0.356. The Hall–Kier alpha value is -4.18. The number of fused-ring (bicyclic) bond motifs is 3. The molecule has 3 aromatic rings. The molecule has 0 radical (unpaired) electrons. The van der Waals surface area contributed by atoms with E-state index in [-0.39, 0.29) is 18.9 Å². The number of hydroxylamine groups is 1. The maximum absolute atomic E-state index is 12.6. The van der Waals surface area contributed by atoms with E-state index in [0.29, 0.717) is 5.69 Å². The third kappa shape index (κ3) is 5.07. The molecule has 2 atom stereocenters. The van der Waals surface area contributed by atoms with Crippen LogP contribution < -0.4 is 10.8 Å². The van der Waals surface area contributed by atoms with E-state index in [2.05, 4.69) is 20.8 Å². The summed E-state index contributed by atoms with van der Waals surface area (Å²) < 4.78 is 5.51. The zero-order valence-electron chi connectivity index (χ0n) is 18.4. The first-order chi connectivity index (χ1) is 16.4. The van der Waals surface area contributed by atoms with Gasteiger partial charge in [-0.25, -0.2) is 20.1 Å². The predicted octanol–water partition coefficient (Wildman–Crippen LogP) is 2.38. The summed E-state index contributed by atoms with van der Waals surface area (Å²) in [4.78, 5) is 47.8. The van der Waals surface area contributed by atoms with E-state index < -0.39 is 30.1 Å². The van der Waals surface area contributed by atoms with E-state index >= 15 is 0 Å². The van der Waals surface area contributed by atoms with Crippen molar-refractivity contribution < 1.29 is 29.1 Å². The van der Waals surface area contributed by atoms with Gasteiger partial charge < -0.3 is 20.1 Å². The Morgan fingerprint density at radius 1 is 1.09 bits per heavy atom. The number of amides is 2. The Morgan fingerprint density at radius 2 is 1.74 bits per heavy atom. The smallest absolute Gasteiger partial charge is 0.407 e. The van der Waals surface area contributed by atoms with Gasteiger partial charge in [0.25, 0.3) is 5.91 Å². The number of carboxylic acid groups (broad SMARTS) is 1. The minimum atomic E-state index is -1.26. The maximum atomic E-state index is 12.6. The Labute approximate surface area is 195 Å². The lowest BCUT2D eigenvalue weighted by Crippen LogP contribution is -2.49. The largest absolute Gasteiger partial charge is 0.479 e. The van der Waals surface area contributed by atoms with Crippen molar-refractivity contribution in [2.75, 3.05) is 6.61 Å². The van der Waals surface area contributed by atoms with Gasteiger partial charge in [-0.15, -0.1) is 0 Å². The van der Waals surface area contributed by atoms with E-state index in [9.17, 15) is 14.4 Å². The summed E-state index contributed by atoms with van der Waals surface area (Å²) in [5, 5.41) is 11.5. The lowest BCUT2D eigenvalue weighted by Gasteiger charge is -2.19. The molecule has 1 unspecified atom stereocenters. The molecule has 176 valence electrons. The average molecular weight is 464 g/mol. The second-order valence-corrected chi connectivity index (χ2v) is 7.87. The summed E-state index contributed by atoms with van der Waals surface area (Å²) in [5.41, 5.74) is 7.02. The van der Waals surface area contributed by atoms with Crippen molar-refractivity contribution in [2.45, 2.75) is 31.4 Å². The van der Waals surface area contributed by atoms with E-state index in [4.69, 9.17) is 14.7 Å². The second-order valence-electron chi connectivity index (χ2n) is 7.87. The molecule has 0 saturated heterocycles. The third-order valence-electron chi connectivity index (χ3n) is 5.62. The number of rotatable bonds is 9. The molecule has 0 saturated carbocycles. The molecule has 4 N–H and O–H groups in total. The van der Waals surface area contributed by atoms with E-state index in [1.165, 1.54) is 19.4 Å². The first-order valence-corrected chi connectivity index (χ1v) is 10.7. The number of aromatic amines is 1. The lowest BCUT2D eigenvalue weighted by molar-refractivity contribution is -0.159. The van der Waals surface area contributed by atoms with Crippen LogP contribution in [-0.4, -0.2) is 51.8 Å². The molecule has 1 aliphatic carbocycles. The van der Waals surface area contributed by atoms with Gasteiger partial charge in [0.05, 0.1) is 6.33 Å². The molecule has 1 aromatic heterocycles. The molecule has 0 spiro atoms. The van der Waals surface area contributed by atoms with Crippen molar-refractivity contribution in [3.05, 3.63) is 77.9 Å². The summed E-state index contributed by atoms with van der Waals surface area (Å²) in [5.74, 6) is -2.09. The Kier molecular flexibility index (Phi) is 6.88. The van der Waals surface area contributed by atoms with Crippen LogP contribution in [0.3, 0.4) is 0 Å². The number of imidazole rings is 1. The zero-order valence-corrected chi connectivity index (χ0v) is 18.4. The number of H-pyrrole nitrogens is 1. The first kappa shape index (κ1) is 23.0. The van der Waals surface area contributed by atoms with Gasteiger partial charge in [-0.1, -0.05) is 48.5 Å². The van der Waals surface area contributed by atoms with Gasteiger partial charge >= 0.3 is 12.1 Å². The van der Waals surface area contributed by atoms with Crippen molar-refractivity contribution in [3.8, 4) is 11.1 Å². The highest BCUT2D eigenvalue weighted by Crippen LogP contribution is 2.44. The van der Waals surface area contributed by atoms with Gasteiger partial charge in [0.1, 0.15) is 12.6 Å². The summed E-state index contributed by atoms with van der Waals surface area (Å²) in [6.45, 7) is 1.36. The molecular formula is C24H24N4O6. The Bertz CT molecular complexity index is 1130. The molecule has 2 aromatic carbocycles. The standard InChI is InChI=1S/C24H24N4O6/c1-14(23(30)31)34-28-22(29)21(10-15-11-25-13-26-15)27-24(32)33-12-20-18-8-4-2-6-16(18)17-7-3-5-9-19(17)20/h2-9,11,13-14,20-21H,10,12H2,1H3,(H,25,26)(H,27,32)(H,28,29)(H,30,31)/t14?,21-/m1/s1. The van der Waals surface area contributed by atoms with Crippen molar-refractivity contribution in [1.29, 1.82) is 0 Å². The summed E-state index contributed by atoms with van der Waals surface area (Å²) in [6, 6.07) is 14.8. The fraction of sp³-hybridized carbons (Fsp3) is 0.250. The van der Waals surface area contributed by atoms with Gasteiger partial charge in [-0.3, -0.25) is 9.63 Å². The van der Waals surface area contributed by atoms with E-state index in [1.807, 2.05) is 48.5 Å². The second kappa shape index (κ2) is 10.2. The van der Waals surface area contributed by atoms with Crippen LogP contribution in [0.15, 0.2) is 61.1 Å². The number of benzene rings is 2. The summed E-state index contributed by atoms with van der Waals surface area (Å²) in [7, 11) is 0. The van der Waals surface area contributed by atoms with Crippen LogP contribution in [-0.2, 0) is 25.6 Å². The number of carbonyl (C=O) groups is 3. The lowest BCUT2D eigenvalue weighted by atomic mass is 9.98. The van der Waals surface area contributed by atoms with Gasteiger partial charge in [0, 0.05) is 24.2 Å². The molecule has 10 heteroatoms. The average Bonchev–Trinajstić information content (AvgIpc) is 3.46. The number of hydrogen-bond acceptors (Lipinski definition) is 6. The van der Waals surface area contributed by atoms with Crippen LogP contribution in [0.1, 0.15) is 29.7 Å². The number of ether oxygens (including phenoxy) is 1. The van der Waals surface area contributed by atoms with Crippen LogP contribution in [0.4, 0.5) is 4.79 Å². The SMILES string of the molecule is CC(ONC(=O)[C@@H](Cc1cnc[nH]1)NC(=O)OCC1c2ccccc2-c2ccccc21)C(=O)O. The Balaban J connectivity index is 1.42. The fourth-order valence-electron chi connectivity index (χ4n) is 3.88. The van der Waals surface area contributed by atoms with Crippen LogP contribution in [0.2, 0.25) is 0 Å². The number of carboxylic acids is 1. The monoisotopic (exact) mass is 464 g/mol. The molecule has 0 fully saturated rings. The minimum Gasteiger partial charge on any atom is -0.479 e. The van der Waals surface area contributed by atoms with Crippen LogP contribution in [0, 0.1) is 0 Å². The zero-order chi connectivity index (χ0) is 24.1.